The van der Waals surface area contributed by atoms with E-state index in [0.29, 0.717) is 11.8 Å². The molecule has 1 fully saturated rings. The third-order valence-electron chi connectivity index (χ3n) is 4.33. The molecule has 2 N–H and O–H groups in total. The number of rotatable bonds is 5. The van der Waals surface area contributed by atoms with Crippen LogP contribution >= 0.6 is 0 Å². The van der Waals surface area contributed by atoms with Gasteiger partial charge < -0.3 is 19.7 Å². The zero-order chi connectivity index (χ0) is 17.8. The maximum Gasteiger partial charge on any atom is 0.246 e. The molecule has 1 aliphatic rings. The zero-order valence-electron chi connectivity index (χ0n) is 14.6. The summed E-state index contributed by atoms with van der Waals surface area (Å²) in [4.78, 5) is 6.82. The highest BCUT2D eigenvalue weighted by Crippen LogP contribution is 2.23. The van der Waals surface area contributed by atoms with Crippen molar-refractivity contribution in [3.05, 3.63) is 48.5 Å². The van der Waals surface area contributed by atoms with Crippen LogP contribution in [0.15, 0.2) is 48.5 Å². The van der Waals surface area contributed by atoms with Gasteiger partial charge in [-0.25, -0.2) is 0 Å². The van der Waals surface area contributed by atoms with Gasteiger partial charge in [-0.1, -0.05) is 12.1 Å². The Bertz CT molecular complexity index is 856. The normalized spacial score (nSPS) is 14.3. The highest BCUT2D eigenvalue weighted by Gasteiger charge is 2.11. The van der Waals surface area contributed by atoms with Gasteiger partial charge in [0, 0.05) is 30.0 Å². The van der Waals surface area contributed by atoms with E-state index < -0.39 is 0 Å². The molecule has 26 heavy (non-hydrogen) atoms. The van der Waals surface area contributed by atoms with Gasteiger partial charge in [0.25, 0.3) is 0 Å². The standard InChI is InChI=1S/C19H21N5O2/c1-25-17-4-2-3-14(13-17)18-21-19(23-22-18)20-15-5-7-16(8-6-15)24-9-11-26-12-10-24/h2-8,13H,9-12H2,1H3,(H2,20,21,22,23). The molecule has 0 saturated carbocycles. The Labute approximate surface area is 152 Å². The molecule has 3 aromatic rings. The summed E-state index contributed by atoms with van der Waals surface area (Å²) in [6, 6.07) is 16.0. The van der Waals surface area contributed by atoms with Crippen LogP contribution in [0.5, 0.6) is 5.75 Å². The number of hydrogen-bond donors (Lipinski definition) is 2. The molecule has 2 heterocycles. The highest BCUT2D eigenvalue weighted by atomic mass is 16.5. The third kappa shape index (κ3) is 3.62. The smallest absolute Gasteiger partial charge is 0.246 e. The van der Waals surface area contributed by atoms with Crippen LogP contribution in [-0.2, 0) is 4.74 Å². The van der Waals surface area contributed by atoms with Gasteiger partial charge in [-0.2, -0.15) is 4.98 Å². The minimum atomic E-state index is 0.530. The fraction of sp³-hybridized carbons (Fsp3) is 0.263. The second-order valence-corrected chi connectivity index (χ2v) is 6.01. The van der Waals surface area contributed by atoms with Gasteiger partial charge in [0.05, 0.1) is 20.3 Å². The molecule has 0 spiro atoms. The fourth-order valence-corrected chi connectivity index (χ4v) is 2.92. The quantitative estimate of drug-likeness (QED) is 0.736. The second kappa shape index (κ2) is 7.45. The van der Waals surface area contributed by atoms with Crippen molar-refractivity contribution in [1.29, 1.82) is 0 Å². The van der Waals surface area contributed by atoms with Gasteiger partial charge in [0.1, 0.15) is 5.75 Å². The average molecular weight is 351 g/mol. The van der Waals surface area contributed by atoms with Gasteiger partial charge in [-0.15, -0.1) is 5.10 Å². The number of hydrogen-bond acceptors (Lipinski definition) is 6. The summed E-state index contributed by atoms with van der Waals surface area (Å²) in [5, 5.41) is 10.4. The number of methoxy groups -OCH3 is 1. The van der Waals surface area contributed by atoms with E-state index in [1.165, 1.54) is 5.69 Å². The molecule has 0 bridgehead atoms. The molecule has 0 atom stereocenters. The molecule has 7 heteroatoms. The van der Waals surface area contributed by atoms with Crippen molar-refractivity contribution in [2.24, 2.45) is 0 Å². The van der Waals surface area contributed by atoms with Crippen molar-refractivity contribution in [3.63, 3.8) is 0 Å². The molecule has 7 nitrogen and oxygen atoms in total. The minimum absolute atomic E-state index is 0.530. The van der Waals surface area contributed by atoms with Crippen molar-refractivity contribution < 1.29 is 9.47 Å². The number of anilines is 3. The van der Waals surface area contributed by atoms with Crippen molar-refractivity contribution in [2.75, 3.05) is 43.6 Å². The Hall–Kier alpha value is -3.06. The summed E-state index contributed by atoms with van der Waals surface area (Å²) >= 11 is 0. The van der Waals surface area contributed by atoms with E-state index in [0.717, 1.165) is 43.3 Å². The van der Waals surface area contributed by atoms with Crippen LogP contribution < -0.4 is 15.0 Å². The van der Waals surface area contributed by atoms with Crippen LogP contribution in [0.25, 0.3) is 11.4 Å². The number of nitrogens with one attached hydrogen (secondary N) is 2. The van der Waals surface area contributed by atoms with Crippen LogP contribution in [0.1, 0.15) is 0 Å². The van der Waals surface area contributed by atoms with Gasteiger partial charge >= 0.3 is 0 Å². The second-order valence-electron chi connectivity index (χ2n) is 6.01. The van der Waals surface area contributed by atoms with Gasteiger partial charge in [0.2, 0.25) is 5.95 Å². The van der Waals surface area contributed by atoms with E-state index >= 15 is 0 Å². The fourth-order valence-electron chi connectivity index (χ4n) is 2.92. The molecule has 0 aliphatic carbocycles. The maximum absolute atomic E-state index is 5.40. The zero-order valence-corrected chi connectivity index (χ0v) is 14.6. The maximum atomic E-state index is 5.40. The number of H-pyrrole nitrogens is 1. The monoisotopic (exact) mass is 351 g/mol. The number of nitrogens with zero attached hydrogens (tertiary/aromatic N) is 3. The molecule has 4 rings (SSSR count). The highest BCUT2D eigenvalue weighted by molar-refractivity contribution is 5.62. The van der Waals surface area contributed by atoms with Crippen LogP contribution in [0.3, 0.4) is 0 Å². The lowest BCUT2D eigenvalue weighted by atomic mass is 10.2. The van der Waals surface area contributed by atoms with E-state index in [4.69, 9.17) is 9.47 Å². The van der Waals surface area contributed by atoms with Crippen LogP contribution in [0, 0.1) is 0 Å². The van der Waals surface area contributed by atoms with Crippen molar-refractivity contribution >= 4 is 17.3 Å². The van der Waals surface area contributed by atoms with Crippen molar-refractivity contribution in [2.45, 2.75) is 0 Å². The summed E-state index contributed by atoms with van der Waals surface area (Å²) < 4.78 is 10.6. The number of ether oxygens (including phenoxy) is 2. The Morgan fingerprint density at radius 2 is 1.92 bits per heavy atom. The van der Waals surface area contributed by atoms with E-state index in [2.05, 4.69) is 37.5 Å². The molecular formula is C19H21N5O2. The molecule has 1 aliphatic heterocycles. The van der Waals surface area contributed by atoms with Gasteiger partial charge in [0.15, 0.2) is 5.82 Å². The first kappa shape index (κ1) is 16.4. The first-order valence-corrected chi connectivity index (χ1v) is 8.58. The predicted octanol–water partition coefficient (Wildman–Crippen LogP) is 3.06. The van der Waals surface area contributed by atoms with Gasteiger partial charge in [-0.3, -0.25) is 5.10 Å². The first-order chi connectivity index (χ1) is 12.8. The van der Waals surface area contributed by atoms with Crippen molar-refractivity contribution in [3.8, 4) is 17.1 Å². The SMILES string of the molecule is COc1cccc(-c2nc(Nc3ccc(N4CCOCC4)cc3)n[nH]2)c1. The number of morpholine rings is 1. The van der Waals surface area contributed by atoms with E-state index in [1.54, 1.807) is 7.11 Å². The summed E-state index contributed by atoms with van der Waals surface area (Å²) in [6.45, 7) is 3.42. The third-order valence-corrected chi connectivity index (χ3v) is 4.33. The largest absolute Gasteiger partial charge is 0.497 e. The van der Waals surface area contributed by atoms with Crippen LogP contribution in [-0.4, -0.2) is 48.6 Å². The molecule has 1 saturated heterocycles. The Morgan fingerprint density at radius 3 is 2.69 bits per heavy atom. The van der Waals surface area contributed by atoms with E-state index in [-0.39, 0.29) is 0 Å². The number of benzene rings is 2. The lowest BCUT2D eigenvalue weighted by Crippen LogP contribution is -2.36. The summed E-state index contributed by atoms with van der Waals surface area (Å²) in [5.74, 6) is 2.00. The first-order valence-electron chi connectivity index (χ1n) is 8.58. The number of aromatic amines is 1. The molecule has 0 unspecified atom stereocenters. The molecule has 134 valence electrons. The Balaban J connectivity index is 1.45. The Morgan fingerprint density at radius 1 is 1.12 bits per heavy atom. The lowest BCUT2D eigenvalue weighted by Gasteiger charge is -2.28. The van der Waals surface area contributed by atoms with E-state index in [9.17, 15) is 0 Å². The molecule has 0 radical (unpaired) electrons. The molecule has 1 aromatic heterocycles. The van der Waals surface area contributed by atoms with Gasteiger partial charge in [-0.05, 0) is 36.4 Å². The lowest BCUT2D eigenvalue weighted by molar-refractivity contribution is 0.122. The van der Waals surface area contributed by atoms with Crippen LogP contribution in [0.2, 0.25) is 0 Å². The topological polar surface area (TPSA) is 75.3 Å². The van der Waals surface area contributed by atoms with Crippen molar-refractivity contribution in [1.82, 2.24) is 15.2 Å². The van der Waals surface area contributed by atoms with Crippen LogP contribution in [0.4, 0.5) is 17.3 Å². The minimum Gasteiger partial charge on any atom is -0.497 e. The summed E-state index contributed by atoms with van der Waals surface area (Å²) in [7, 11) is 1.65. The summed E-state index contributed by atoms with van der Waals surface area (Å²) in [5.41, 5.74) is 3.07. The number of aromatic nitrogens is 3. The molecule has 2 aromatic carbocycles. The average Bonchev–Trinajstić information content (AvgIpc) is 3.18. The molecule has 0 amide bonds. The predicted molar refractivity (Wildman–Crippen MR) is 101 cm³/mol. The molecular weight excluding hydrogens is 330 g/mol. The van der Waals surface area contributed by atoms with E-state index in [1.807, 2.05) is 36.4 Å². The summed E-state index contributed by atoms with van der Waals surface area (Å²) in [6.07, 6.45) is 0. The Kier molecular flexibility index (Phi) is 4.70.